The van der Waals surface area contributed by atoms with Gasteiger partial charge in [0.05, 0.1) is 17.7 Å². The first-order valence-electron chi connectivity index (χ1n) is 10.3. The summed E-state index contributed by atoms with van der Waals surface area (Å²) in [6.45, 7) is 6.49. The molecule has 0 radical (unpaired) electrons. The summed E-state index contributed by atoms with van der Waals surface area (Å²) in [4.78, 5) is 12.2. The fraction of sp³-hybridized carbons (Fsp3) is 0.435. The van der Waals surface area contributed by atoms with Crippen LogP contribution in [0.15, 0.2) is 36.4 Å². The lowest BCUT2D eigenvalue weighted by atomic mass is 10.2. The van der Waals surface area contributed by atoms with Crippen molar-refractivity contribution in [3.05, 3.63) is 52.5 Å². The van der Waals surface area contributed by atoms with Crippen molar-refractivity contribution in [1.29, 1.82) is 0 Å². The normalized spacial score (nSPS) is 15.8. The summed E-state index contributed by atoms with van der Waals surface area (Å²) in [5.74, 6) is 0.641. The van der Waals surface area contributed by atoms with E-state index in [0.717, 1.165) is 42.8 Å². The number of ether oxygens (including phenoxy) is 3. The van der Waals surface area contributed by atoms with Gasteiger partial charge in [-0.2, -0.15) is 0 Å². The number of hydrogen-bond acceptors (Lipinski definition) is 5. The topological polar surface area (TPSA) is 68.8 Å². The molecule has 7 heteroatoms. The summed E-state index contributed by atoms with van der Waals surface area (Å²) in [7, 11) is 0. The molecular formula is C23H29ClN2O4. The highest BCUT2D eigenvalue weighted by atomic mass is 35.5. The van der Waals surface area contributed by atoms with Gasteiger partial charge in [-0.25, -0.2) is 0 Å². The Bertz CT molecular complexity index is 836. The molecule has 2 N–H and O–H groups in total. The molecule has 30 heavy (non-hydrogen) atoms. The highest BCUT2D eigenvalue weighted by Crippen LogP contribution is 2.36. The summed E-state index contributed by atoms with van der Waals surface area (Å²) in [5, 5.41) is 6.62. The molecule has 0 unspecified atom stereocenters. The molecule has 1 saturated heterocycles. The number of aryl methyl sites for hydroxylation is 1. The van der Waals surface area contributed by atoms with Gasteiger partial charge in [0.25, 0.3) is 5.91 Å². The number of rotatable bonds is 10. The fourth-order valence-electron chi connectivity index (χ4n) is 3.28. The zero-order valence-corrected chi connectivity index (χ0v) is 18.3. The van der Waals surface area contributed by atoms with Crippen molar-refractivity contribution in [3.63, 3.8) is 0 Å². The molecule has 2 aromatic rings. The van der Waals surface area contributed by atoms with E-state index in [1.54, 1.807) is 0 Å². The Morgan fingerprint density at radius 2 is 2.03 bits per heavy atom. The molecule has 1 amide bonds. The summed E-state index contributed by atoms with van der Waals surface area (Å²) in [5.41, 5.74) is 2.83. The van der Waals surface area contributed by atoms with Crippen molar-refractivity contribution in [1.82, 2.24) is 5.32 Å². The average Bonchev–Trinajstić information content (AvgIpc) is 3.23. The second kappa shape index (κ2) is 11.2. The lowest BCUT2D eigenvalue weighted by Gasteiger charge is -2.16. The second-order valence-corrected chi connectivity index (χ2v) is 7.71. The number of carbonyl (C=O) groups excluding carboxylic acids is 1. The van der Waals surface area contributed by atoms with Gasteiger partial charge in [-0.1, -0.05) is 29.3 Å². The maximum Gasteiger partial charge on any atom is 0.262 e. The molecular weight excluding hydrogens is 404 g/mol. The molecule has 1 aliphatic heterocycles. The Balaban J connectivity index is 1.58. The first-order chi connectivity index (χ1) is 14.5. The van der Waals surface area contributed by atoms with Gasteiger partial charge in [0.2, 0.25) is 0 Å². The van der Waals surface area contributed by atoms with Gasteiger partial charge < -0.3 is 24.8 Å². The standard InChI is InChI=1S/C23H29ClN2O4/c1-3-28-21-12-17(13-25-14-19-5-4-10-29-19)11-20(24)23(21)30-15-22(27)26-18-8-6-16(2)7-9-18/h6-9,11-12,19,25H,3-5,10,13-15H2,1-2H3,(H,26,27)/t19-/m0/s1. The molecule has 1 aliphatic rings. The molecule has 0 aromatic heterocycles. The van der Waals surface area contributed by atoms with Gasteiger partial charge in [0.15, 0.2) is 18.1 Å². The highest BCUT2D eigenvalue weighted by Gasteiger charge is 2.17. The molecule has 0 bridgehead atoms. The number of anilines is 1. The summed E-state index contributed by atoms with van der Waals surface area (Å²) in [6, 6.07) is 11.3. The summed E-state index contributed by atoms with van der Waals surface area (Å²) in [6.07, 6.45) is 2.49. The van der Waals surface area contributed by atoms with E-state index >= 15 is 0 Å². The zero-order valence-electron chi connectivity index (χ0n) is 17.5. The van der Waals surface area contributed by atoms with E-state index in [2.05, 4.69) is 10.6 Å². The highest BCUT2D eigenvalue weighted by molar-refractivity contribution is 6.32. The van der Waals surface area contributed by atoms with E-state index in [0.29, 0.717) is 29.7 Å². The lowest BCUT2D eigenvalue weighted by Crippen LogP contribution is -2.25. The molecule has 0 spiro atoms. The first kappa shape index (κ1) is 22.4. The molecule has 0 aliphatic carbocycles. The third-order valence-electron chi connectivity index (χ3n) is 4.78. The van der Waals surface area contributed by atoms with Gasteiger partial charge in [-0.05, 0) is 56.5 Å². The molecule has 0 saturated carbocycles. The van der Waals surface area contributed by atoms with E-state index in [-0.39, 0.29) is 18.6 Å². The predicted molar refractivity (Wildman–Crippen MR) is 119 cm³/mol. The zero-order chi connectivity index (χ0) is 21.3. The third kappa shape index (κ3) is 6.62. The third-order valence-corrected chi connectivity index (χ3v) is 5.06. The van der Waals surface area contributed by atoms with Crippen LogP contribution in [-0.4, -0.2) is 38.4 Å². The SMILES string of the molecule is CCOc1cc(CNC[C@@H]2CCCO2)cc(Cl)c1OCC(=O)Nc1ccc(C)cc1. The Morgan fingerprint density at radius 3 is 2.73 bits per heavy atom. The Hall–Kier alpha value is -2.28. The van der Waals surface area contributed by atoms with Crippen molar-refractivity contribution in [2.45, 2.75) is 39.3 Å². The van der Waals surface area contributed by atoms with Crippen LogP contribution in [0.25, 0.3) is 0 Å². The smallest absolute Gasteiger partial charge is 0.262 e. The van der Waals surface area contributed by atoms with E-state index in [4.69, 9.17) is 25.8 Å². The quantitative estimate of drug-likeness (QED) is 0.584. The van der Waals surface area contributed by atoms with Crippen LogP contribution < -0.4 is 20.1 Å². The van der Waals surface area contributed by atoms with Crippen LogP contribution in [0, 0.1) is 6.92 Å². The van der Waals surface area contributed by atoms with Crippen LogP contribution in [0.5, 0.6) is 11.5 Å². The minimum atomic E-state index is -0.264. The minimum absolute atomic E-state index is 0.162. The Labute approximate surface area is 182 Å². The van der Waals surface area contributed by atoms with E-state index in [1.165, 1.54) is 0 Å². The number of hydrogen-bond donors (Lipinski definition) is 2. The summed E-state index contributed by atoms with van der Waals surface area (Å²) >= 11 is 6.45. The van der Waals surface area contributed by atoms with Gasteiger partial charge in [-0.3, -0.25) is 4.79 Å². The van der Waals surface area contributed by atoms with Crippen LogP contribution in [0.2, 0.25) is 5.02 Å². The Kier molecular flexibility index (Phi) is 8.37. The first-order valence-corrected chi connectivity index (χ1v) is 10.7. The van der Waals surface area contributed by atoms with E-state index in [1.807, 2.05) is 50.2 Å². The van der Waals surface area contributed by atoms with Crippen molar-refractivity contribution in [2.24, 2.45) is 0 Å². The largest absolute Gasteiger partial charge is 0.490 e. The molecule has 1 fully saturated rings. The van der Waals surface area contributed by atoms with Crippen molar-refractivity contribution in [2.75, 3.05) is 31.7 Å². The number of benzene rings is 2. The number of halogens is 1. The fourth-order valence-corrected chi connectivity index (χ4v) is 3.57. The monoisotopic (exact) mass is 432 g/mol. The molecule has 1 heterocycles. The Morgan fingerprint density at radius 1 is 1.23 bits per heavy atom. The number of carbonyl (C=O) groups is 1. The van der Waals surface area contributed by atoms with Gasteiger partial charge >= 0.3 is 0 Å². The van der Waals surface area contributed by atoms with E-state index < -0.39 is 0 Å². The van der Waals surface area contributed by atoms with Crippen molar-refractivity contribution in [3.8, 4) is 11.5 Å². The summed E-state index contributed by atoms with van der Waals surface area (Å²) < 4.78 is 17.0. The molecule has 2 aromatic carbocycles. The second-order valence-electron chi connectivity index (χ2n) is 7.31. The molecule has 162 valence electrons. The van der Waals surface area contributed by atoms with Gasteiger partial charge in [-0.15, -0.1) is 0 Å². The van der Waals surface area contributed by atoms with Gasteiger partial charge in [0, 0.05) is 25.4 Å². The average molecular weight is 433 g/mol. The molecule has 3 rings (SSSR count). The minimum Gasteiger partial charge on any atom is -0.490 e. The lowest BCUT2D eigenvalue weighted by molar-refractivity contribution is -0.118. The van der Waals surface area contributed by atoms with Crippen LogP contribution >= 0.6 is 11.6 Å². The van der Waals surface area contributed by atoms with Gasteiger partial charge in [0.1, 0.15) is 0 Å². The van der Waals surface area contributed by atoms with Crippen LogP contribution in [-0.2, 0) is 16.1 Å². The molecule has 1 atom stereocenters. The van der Waals surface area contributed by atoms with Crippen molar-refractivity contribution < 1.29 is 19.0 Å². The van der Waals surface area contributed by atoms with E-state index in [9.17, 15) is 4.79 Å². The molecule has 6 nitrogen and oxygen atoms in total. The van der Waals surface area contributed by atoms with Crippen LogP contribution in [0.4, 0.5) is 5.69 Å². The number of amides is 1. The maximum absolute atomic E-state index is 12.2. The maximum atomic E-state index is 12.2. The van der Waals surface area contributed by atoms with Crippen LogP contribution in [0.1, 0.15) is 30.9 Å². The van der Waals surface area contributed by atoms with Crippen LogP contribution in [0.3, 0.4) is 0 Å². The predicted octanol–water partition coefficient (Wildman–Crippen LogP) is 4.33. The number of nitrogens with one attached hydrogen (secondary N) is 2. The van der Waals surface area contributed by atoms with Crippen molar-refractivity contribution >= 4 is 23.2 Å².